The summed E-state index contributed by atoms with van der Waals surface area (Å²) >= 11 is 6.01. The zero-order valence-corrected chi connectivity index (χ0v) is 12.9. The van der Waals surface area contributed by atoms with Gasteiger partial charge in [-0.2, -0.15) is 0 Å². The van der Waals surface area contributed by atoms with E-state index in [0.717, 1.165) is 5.56 Å². The summed E-state index contributed by atoms with van der Waals surface area (Å²) in [7, 11) is 0. The van der Waals surface area contributed by atoms with Crippen LogP contribution in [-0.4, -0.2) is 41.6 Å². The van der Waals surface area contributed by atoms with E-state index in [9.17, 15) is 10.2 Å². The summed E-state index contributed by atoms with van der Waals surface area (Å²) in [6.45, 7) is 5.13. The summed E-state index contributed by atoms with van der Waals surface area (Å²) in [4.78, 5) is 0. The third kappa shape index (κ3) is 6.68. The largest absolute Gasteiger partial charge is 0.389 e. The topological polar surface area (TPSA) is 61.7 Å². The molecule has 0 spiro atoms. The van der Waals surface area contributed by atoms with Crippen LogP contribution < -0.4 is 5.32 Å². The number of nitrogens with one attached hydrogen (secondary N) is 1. The molecular formula is C15H24ClNO3. The highest BCUT2D eigenvalue weighted by molar-refractivity contribution is 6.31. The zero-order valence-electron chi connectivity index (χ0n) is 12.1. The van der Waals surface area contributed by atoms with Gasteiger partial charge in [0.25, 0.3) is 0 Å². The van der Waals surface area contributed by atoms with E-state index in [1.54, 1.807) is 6.92 Å². The number of aliphatic hydroxyl groups excluding tert-OH is 1. The minimum atomic E-state index is -0.738. The molecule has 0 aliphatic rings. The number of hydrogen-bond acceptors (Lipinski definition) is 4. The summed E-state index contributed by atoms with van der Waals surface area (Å²) in [5.41, 5.74) is 0.168. The molecule has 0 heterocycles. The van der Waals surface area contributed by atoms with Crippen LogP contribution in [0.5, 0.6) is 0 Å². The monoisotopic (exact) mass is 301 g/mol. The Balaban J connectivity index is 2.18. The minimum Gasteiger partial charge on any atom is -0.389 e. The van der Waals surface area contributed by atoms with E-state index in [0.29, 0.717) is 31.1 Å². The molecule has 2 unspecified atom stereocenters. The number of benzene rings is 1. The van der Waals surface area contributed by atoms with E-state index < -0.39 is 11.7 Å². The number of halogens is 1. The van der Waals surface area contributed by atoms with Crippen LogP contribution >= 0.6 is 11.6 Å². The average molecular weight is 302 g/mol. The van der Waals surface area contributed by atoms with Crippen molar-refractivity contribution in [3.63, 3.8) is 0 Å². The van der Waals surface area contributed by atoms with Crippen molar-refractivity contribution in [3.05, 3.63) is 34.9 Å². The Hall–Kier alpha value is -0.650. The molecule has 3 N–H and O–H groups in total. The van der Waals surface area contributed by atoms with Crippen LogP contribution in [0.4, 0.5) is 0 Å². The molecule has 1 rings (SSSR count). The van der Waals surface area contributed by atoms with Crippen LogP contribution in [0.15, 0.2) is 24.3 Å². The molecule has 0 fully saturated rings. The molecule has 0 aliphatic heterocycles. The predicted octanol–water partition coefficient (Wildman–Crippen LogP) is 1.97. The first kappa shape index (κ1) is 17.4. The highest BCUT2D eigenvalue weighted by atomic mass is 35.5. The molecule has 0 amide bonds. The number of hydrogen-bond donors (Lipinski definition) is 3. The van der Waals surface area contributed by atoms with Crippen LogP contribution in [0.1, 0.15) is 25.8 Å². The molecule has 0 bridgehead atoms. The lowest BCUT2D eigenvalue weighted by Gasteiger charge is -2.22. The van der Waals surface area contributed by atoms with Gasteiger partial charge in [0.05, 0.1) is 24.9 Å². The summed E-state index contributed by atoms with van der Waals surface area (Å²) in [5.74, 6) is 0. The first-order chi connectivity index (χ1) is 9.44. The van der Waals surface area contributed by atoms with Gasteiger partial charge in [0.15, 0.2) is 0 Å². The quantitative estimate of drug-likeness (QED) is 0.652. The van der Waals surface area contributed by atoms with Crippen molar-refractivity contribution in [2.75, 3.05) is 19.7 Å². The van der Waals surface area contributed by atoms with Crippen molar-refractivity contribution in [3.8, 4) is 0 Å². The van der Waals surface area contributed by atoms with Crippen molar-refractivity contribution in [1.29, 1.82) is 0 Å². The van der Waals surface area contributed by atoms with Gasteiger partial charge < -0.3 is 20.3 Å². The average Bonchev–Trinajstić information content (AvgIpc) is 2.41. The lowest BCUT2D eigenvalue weighted by molar-refractivity contribution is 0.0201. The SMILES string of the molecule is CCC(C)(O)CNCC(O)COCc1ccccc1Cl. The Kier molecular flexibility index (Phi) is 7.48. The fourth-order valence-corrected chi connectivity index (χ4v) is 1.80. The van der Waals surface area contributed by atoms with Crippen LogP contribution in [0.3, 0.4) is 0 Å². The molecule has 1 aromatic carbocycles. The molecule has 20 heavy (non-hydrogen) atoms. The highest BCUT2D eigenvalue weighted by Gasteiger charge is 2.17. The fourth-order valence-electron chi connectivity index (χ4n) is 1.61. The van der Waals surface area contributed by atoms with Crippen molar-refractivity contribution >= 4 is 11.6 Å². The van der Waals surface area contributed by atoms with Gasteiger partial charge in [-0.1, -0.05) is 36.7 Å². The second-order valence-electron chi connectivity index (χ2n) is 5.24. The lowest BCUT2D eigenvalue weighted by atomic mass is 10.0. The molecule has 4 nitrogen and oxygen atoms in total. The Morgan fingerprint density at radius 1 is 1.40 bits per heavy atom. The molecule has 0 aliphatic carbocycles. The van der Waals surface area contributed by atoms with E-state index >= 15 is 0 Å². The Bertz CT molecular complexity index is 398. The standard InChI is InChI=1S/C15H24ClNO3/c1-3-15(2,19)11-17-8-13(18)10-20-9-12-6-4-5-7-14(12)16/h4-7,13,17-19H,3,8-11H2,1-2H3. The van der Waals surface area contributed by atoms with Gasteiger partial charge in [-0.05, 0) is 25.0 Å². The van der Waals surface area contributed by atoms with Gasteiger partial charge in [0.1, 0.15) is 0 Å². The molecule has 114 valence electrons. The van der Waals surface area contributed by atoms with Crippen LogP contribution in [0, 0.1) is 0 Å². The normalized spacial score (nSPS) is 15.8. The fraction of sp³-hybridized carbons (Fsp3) is 0.600. The maximum absolute atomic E-state index is 9.80. The van der Waals surface area contributed by atoms with Crippen molar-refractivity contribution < 1.29 is 14.9 Å². The molecule has 5 heteroatoms. The third-order valence-electron chi connectivity index (χ3n) is 3.17. The van der Waals surface area contributed by atoms with Crippen molar-refractivity contribution in [2.45, 2.75) is 38.6 Å². The first-order valence-electron chi connectivity index (χ1n) is 6.87. The second-order valence-corrected chi connectivity index (χ2v) is 5.65. The summed E-state index contributed by atoms with van der Waals surface area (Å²) in [6.07, 6.45) is 0.0594. The summed E-state index contributed by atoms with van der Waals surface area (Å²) in [6, 6.07) is 7.47. The lowest BCUT2D eigenvalue weighted by Crippen LogP contribution is -2.41. The van der Waals surface area contributed by atoms with E-state index in [2.05, 4.69) is 5.32 Å². The molecular weight excluding hydrogens is 278 g/mol. The van der Waals surface area contributed by atoms with Gasteiger partial charge >= 0.3 is 0 Å². The number of rotatable bonds is 9. The zero-order chi connectivity index (χ0) is 15.0. The van der Waals surface area contributed by atoms with E-state index in [4.69, 9.17) is 16.3 Å². The molecule has 0 aromatic heterocycles. The van der Waals surface area contributed by atoms with E-state index in [1.165, 1.54) is 0 Å². The Morgan fingerprint density at radius 2 is 2.10 bits per heavy atom. The Labute approximate surface area is 125 Å². The molecule has 1 aromatic rings. The van der Waals surface area contributed by atoms with Crippen molar-refractivity contribution in [2.24, 2.45) is 0 Å². The van der Waals surface area contributed by atoms with Gasteiger partial charge in [0, 0.05) is 18.1 Å². The van der Waals surface area contributed by atoms with Gasteiger partial charge in [-0.3, -0.25) is 0 Å². The molecule has 0 saturated carbocycles. The number of ether oxygens (including phenoxy) is 1. The molecule has 2 atom stereocenters. The third-order valence-corrected chi connectivity index (χ3v) is 3.54. The van der Waals surface area contributed by atoms with E-state index in [-0.39, 0.29) is 6.61 Å². The van der Waals surface area contributed by atoms with Gasteiger partial charge in [0.2, 0.25) is 0 Å². The predicted molar refractivity (Wildman–Crippen MR) is 80.9 cm³/mol. The van der Waals surface area contributed by atoms with Gasteiger partial charge in [-0.15, -0.1) is 0 Å². The second kappa shape index (κ2) is 8.60. The summed E-state index contributed by atoms with van der Waals surface area (Å²) < 4.78 is 5.43. The summed E-state index contributed by atoms with van der Waals surface area (Å²) in [5, 5.41) is 23.3. The molecule has 0 radical (unpaired) electrons. The van der Waals surface area contributed by atoms with Crippen LogP contribution in [0.2, 0.25) is 5.02 Å². The van der Waals surface area contributed by atoms with E-state index in [1.807, 2.05) is 31.2 Å². The number of aliphatic hydroxyl groups is 2. The maximum atomic E-state index is 9.80. The maximum Gasteiger partial charge on any atom is 0.0897 e. The molecule has 0 saturated heterocycles. The van der Waals surface area contributed by atoms with Crippen LogP contribution in [-0.2, 0) is 11.3 Å². The smallest absolute Gasteiger partial charge is 0.0897 e. The van der Waals surface area contributed by atoms with Crippen LogP contribution in [0.25, 0.3) is 0 Å². The van der Waals surface area contributed by atoms with Crippen molar-refractivity contribution in [1.82, 2.24) is 5.32 Å². The first-order valence-corrected chi connectivity index (χ1v) is 7.24. The Morgan fingerprint density at radius 3 is 2.75 bits per heavy atom. The highest BCUT2D eigenvalue weighted by Crippen LogP contribution is 2.15. The van der Waals surface area contributed by atoms with Gasteiger partial charge in [-0.25, -0.2) is 0 Å². The minimum absolute atomic E-state index is 0.229.